The molecule has 0 rings (SSSR count). The number of hydrogen-bond acceptors (Lipinski definition) is 2. The van der Waals surface area contributed by atoms with E-state index in [0.29, 0.717) is 0 Å². The first-order chi connectivity index (χ1) is 14.2. The van der Waals surface area contributed by atoms with Crippen LogP contribution >= 0.6 is 10.0 Å². The Balaban J connectivity index is 0. The van der Waals surface area contributed by atoms with Gasteiger partial charge in [0.1, 0.15) is 5.40 Å². The lowest BCUT2D eigenvalue weighted by molar-refractivity contribution is 0.618. The van der Waals surface area contributed by atoms with Crippen molar-refractivity contribution in [2.45, 2.75) is 136 Å². The minimum absolute atomic E-state index is 1.01. The summed E-state index contributed by atoms with van der Waals surface area (Å²) in [6.07, 6.45) is 24.4. The smallest absolute Gasteiger partial charge is 0.113 e. The molecule has 2 nitrogen and oxygen atoms in total. The summed E-state index contributed by atoms with van der Waals surface area (Å²) in [6.45, 7) is 6.85. The molecule has 0 saturated heterocycles. The van der Waals surface area contributed by atoms with E-state index in [-0.39, 0.29) is 0 Å². The van der Waals surface area contributed by atoms with Gasteiger partial charge in [-0.2, -0.15) is 15.3 Å². The van der Waals surface area contributed by atoms with Crippen LogP contribution in [0.15, 0.2) is 0 Å². The minimum Gasteiger partial charge on any atom is -0.333 e. The van der Waals surface area contributed by atoms with Crippen LogP contribution in [0.4, 0.5) is 0 Å². The quantitative estimate of drug-likeness (QED) is 0.146. The molecule has 0 atom stereocenters. The fourth-order valence-electron chi connectivity index (χ4n) is 3.92. The largest absolute Gasteiger partial charge is 0.333 e. The van der Waals surface area contributed by atoms with Crippen molar-refractivity contribution in [1.29, 1.82) is 5.26 Å². The Morgan fingerprint density at radius 2 is 0.724 bits per heavy atom. The second kappa shape index (κ2) is 25.8. The highest BCUT2D eigenvalue weighted by atomic mass is 32.3. The molecule has 0 heterocycles. The Bertz CT molecular complexity index is 297. The van der Waals surface area contributed by atoms with Gasteiger partial charge in [-0.3, -0.25) is 0 Å². The first-order valence-electron chi connectivity index (χ1n) is 13.0. The molecule has 0 aromatic carbocycles. The maximum atomic E-state index is 10.1. The Morgan fingerprint density at radius 3 is 0.966 bits per heavy atom. The summed E-state index contributed by atoms with van der Waals surface area (Å²) in [4.78, 5) is 0. The van der Waals surface area contributed by atoms with Crippen LogP contribution in [-0.2, 0) is 0 Å². The van der Waals surface area contributed by atoms with Crippen LogP contribution in [0.2, 0.25) is 0 Å². The molecule has 2 N–H and O–H groups in total. The molecule has 0 radical (unpaired) electrons. The predicted octanol–water partition coefficient (Wildman–Crippen LogP) is 8.93. The summed E-state index contributed by atoms with van der Waals surface area (Å²) >= 11 is 0. The van der Waals surface area contributed by atoms with Gasteiger partial charge in [0.05, 0.1) is 0 Å². The lowest BCUT2D eigenvalue weighted by Gasteiger charge is -2.33. The molecular formula is C26H56N2S. The second-order valence-corrected chi connectivity index (χ2v) is 12.1. The van der Waals surface area contributed by atoms with Crippen molar-refractivity contribution in [2.75, 3.05) is 24.3 Å². The third kappa shape index (κ3) is 20.8. The van der Waals surface area contributed by atoms with Crippen LogP contribution in [-0.4, -0.2) is 24.3 Å². The molecule has 29 heavy (non-hydrogen) atoms. The summed E-state index contributed by atoms with van der Waals surface area (Å²) < 4.78 is 0. The van der Waals surface area contributed by atoms with Crippen LogP contribution in [0.1, 0.15) is 136 Å². The fraction of sp³-hybridized carbons (Fsp3) is 0.962. The first-order valence-corrected chi connectivity index (χ1v) is 15.1. The van der Waals surface area contributed by atoms with Gasteiger partial charge in [-0.1, -0.05) is 117 Å². The Morgan fingerprint density at radius 1 is 0.483 bits per heavy atom. The highest BCUT2D eigenvalue weighted by Crippen LogP contribution is 2.49. The molecule has 0 spiro atoms. The van der Waals surface area contributed by atoms with Crippen LogP contribution in [0.5, 0.6) is 0 Å². The monoisotopic (exact) mass is 428 g/mol. The molecule has 0 aliphatic rings. The van der Waals surface area contributed by atoms with Gasteiger partial charge in [0, 0.05) is 0 Å². The van der Waals surface area contributed by atoms with E-state index in [0.717, 1.165) is 0 Å². The maximum absolute atomic E-state index is 10.1. The number of nitriles is 1. The van der Waals surface area contributed by atoms with Crippen LogP contribution < -0.4 is 5.73 Å². The van der Waals surface area contributed by atoms with Crippen molar-refractivity contribution in [1.82, 2.24) is 0 Å². The normalized spacial score (nSPS) is 11.6. The summed E-state index contributed by atoms with van der Waals surface area (Å²) in [6, 6.07) is 0. The third-order valence-electron chi connectivity index (χ3n) is 5.86. The van der Waals surface area contributed by atoms with E-state index >= 15 is 0 Å². The molecule has 3 heteroatoms. The van der Waals surface area contributed by atoms with E-state index < -0.39 is 10.0 Å². The molecule has 0 amide bonds. The molecule has 0 saturated carbocycles. The highest BCUT2D eigenvalue weighted by Gasteiger charge is 2.22. The van der Waals surface area contributed by atoms with E-state index in [1.807, 2.05) is 0 Å². The lowest BCUT2D eigenvalue weighted by atomic mass is 10.1. The van der Waals surface area contributed by atoms with Crippen molar-refractivity contribution in [3.05, 3.63) is 0 Å². The van der Waals surface area contributed by atoms with Gasteiger partial charge in [0.2, 0.25) is 0 Å². The summed E-state index contributed by atoms with van der Waals surface area (Å²) in [5.41, 5.74) is 4.50. The topological polar surface area (TPSA) is 49.8 Å². The van der Waals surface area contributed by atoms with Gasteiger partial charge in [0.15, 0.2) is 0 Å². The maximum Gasteiger partial charge on any atom is 0.113 e. The Kier molecular flexibility index (Phi) is 27.6. The molecule has 0 aromatic heterocycles. The second-order valence-electron chi connectivity index (χ2n) is 8.55. The van der Waals surface area contributed by atoms with Crippen LogP contribution in [0.3, 0.4) is 0 Å². The number of nitrogens with two attached hydrogens (primary N) is 1. The van der Waals surface area contributed by atoms with Gasteiger partial charge in [-0.05, 0) is 43.6 Å². The average Bonchev–Trinajstić information content (AvgIpc) is 2.76. The van der Waals surface area contributed by atoms with Gasteiger partial charge in [0.25, 0.3) is 0 Å². The van der Waals surface area contributed by atoms with E-state index in [9.17, 15) is 5.26 Å². The Hall–Kier alpha value is -0.200. The average molecular weight is 429 g/mol. The number of nitrogens with zero attached hydrogens (tertiary/aromatic N) is 1. The summed E-state index contributed by atoms with van der Waals surface area (Å²) in [5.74, 6) is 3.71. The van der Waals surface area contributed by atoms with Crippen molar-refractivity contribution in [3.8, 4) is 5.40 Å². The van der Waals surface area contributed by atoms with Crippen molar-refractivity contribution < 1.29 is 0 Å². The molecule has 0 fully saturated rings. The van der Waals surface area contributed by atoms with Gasteiger partial charge in [-0.15, -0.1) is 0 Å². The zero-order valence-corrected chi connectivity index (χ0v) is 21.6. The lowest BCUT2D eigenvalue weighted by Crippen LogP contribution is -2.12. The molecular weight excluding hydrogens is 372 g/mol. The minimum atomic E-state index is -1.01. The van der Waals surface area contributed by atoms with E-state index in [1.165, 1.54) is 140 Å². The Labute approximate surface area is 187 Å². The van der Waals surface area contributed by atoms with Crippen LogP contribution in [0.25, 0.3) is 0 Å². The molecule has 0 aromatic rings. The SMILES string of the molecule is CCCCCCCCS(C#N)(CCCCCCCC)CCCCCCCC.CN. The van der Waals surface area contributed by atoms with Gasteiger partial charge < -0.3 is 5.73 Å². The number of unbranched alkanes of at least 4 members (excludes halogenated alkanes) is 15. The van der Waals surface area contributed by atoms with E-state index in [2.05, 4.69) is 31.9 Å². The first kappa shape index (κ1) is 31.0. The van der Waals surface area contributed by atoms with E-state index in [4.69, 9.17) is 0 Å². The zero-order valence-electron chi connectivity index (χ0n) is 20.8. The number of rotatable bonds is 21. The zero-order chi connectivity index (χ0) is 22.1. The summed E-state index contributed by atoms with van der Waals surface area (Å²) in [5, 5.41) is 13.0. The standard InChI is InChI=1S/C25H51NS.CH5N/c1-4-7-10-13-16-19-22-27(25-26,23-20-17-14-11-8-5-2)24-21-18-15-12-9-6-3;1-2/h4-24H2,1-3H3;2H2,1H3. The highest BCUT2D eigenvalue weighted by molar-refractivity contribution is 8.37. The van der Waals surface area contributed by atoms with Crippen molar-refractivity contribution in [2.24, 2.45) is 5.73 Å². The molecule has 0 aliphatic heterocycles. The van der Waals surface area contributed by atoms with Crippen LogP contribution in [0, 0.1) is 10.7 Å². The molecule has 0 aliphatic carbocycles. The fourth-order valence-corrected chi connectivity index (χ4v) is 7.08. The van der Waals surface area contributed by atoms with Gasteiger partial charge >= 0.3 is 0 Å². The third-order valence-corrected chi connectivity index (χ3v) is 9.46. The van der Waals surface area contributed by atoms with Crippen molar-refractivity contribution >= 4 is 10.0 Å². The molecule has 176 valence electrons. The molecule has 0 unspecified atom stereocenters. The predicted molar refractivity (Wildman–Crippen MR) is 138 cm³/mol. The van der Waals surface area contributed by atoms with Crippen molar-refractivity contribution in [3.63, 3.8) is 0 Å². The van der Waals surface area contributed by atoms with Gasteiger partial charge in [-0.25, -0.2) is 0 Å². The van der Waals surface area contributed by atoms with E-state index in [1.54, 1.807) is 0 Å². The molecule has 0 bridgehead atoms. The number of hydrogen-bond donors (Lipinski definition) is 1. The summed E-state index contributed by atoms with van der Waals surface area (Å²) in [7, 11) is 0.493. The number of thiocyanates is 1.